The van der Waals surface area contributed by atoms with Gasteiger partial charge in [-0.2, -0.15) is 0 Å². The lowest BCUT2D eigenvalue weighted by molar-refractivity contribution is -0.132. The van der Waals surface area contributed by atoms with Gasteiger partial charge in [0.15, 0.2) is 0 Å². The zero-order valence-electron chi connectivity index (χ0n) is 14.7. The number of aromatic nitrogens is 1. The summed E-state index contributed by atoms with van der Waals surface area (Å²) in [7, 11) is 0. The largest absolute Gasteiger partial charge is 0.331 e. The van der Waals surface area contributed by atoms with Crippen molar-refractivity contribution in [3.63, 3.8) is 0 Å². The number of hydrogen-bond donors (Lipinski definition) is 0. The Hall–Kier alpha value is -0.940. The molecule has 23 heavy (non-hydrogen) atoms. The third kappa shape index (κ3) is 3.77. The van der Waals surface area contributed by atoms with Crippen LogP contribution in [-0.2, 0) is 11.3 Å². The standard InChI is InChI=1S/C18H29N3OS/c1-14(2)11-20-9-4-6-18(8-10-20)7-5-17(22)21(18)12-16-13-23-15(3)19-16/h13-14H,4-12H2,1-3H3/t18-/m1/s1. The molecule has 2 aliphatic rings. The zero-order chi connectivity index (χ0) is 16.4. The molecule has 0 unspecified atom stereocenters. The summed E-state index contributed by atoms with van der Waals surface area (Å²) in [5, 5.41) is 3.20. The number of likely N-dealkylation sites (tertiary alicyclic amines) is 2. The van der Waals surface area contributed by atoms with E-state index in [2.05, 4.69) is 34.0 Å². The molecular formula is C18H29N3OS. The second-order valence-electron chi connectivity index (χ2n) is 7.61. The van der Waals surface area contributed by atoms with Crippen molar-refractivity contribution in [3.8, 4) is 0 Å². The summed E-state index contributed by atoms with van der Waals surface area (Å²) < 4.78 is 0. The molecule has 0 aromatic carbocycles. The Kier molecular flexibility index (Phi) is 5.07. The van der Waals surface area contributed by atoms with Crippen LogP contribution in [0, 0.1) is 12.8 Å². The molecule has 2 fully saturated rings. The summed E-state index contributed by atoms with van der Waals surface area (Å²) >= 11 is 1.68. The van der Waals surface area contributed by atoms with Gasteiger partial charge in [-0.15, -0.1) is 11.3 Å². The summed E-state index contributed by atoms with van der Waals surface area (Å²) in [6.07, 6.45) is 5.22. The Morgan fingerprint density at radius 2 is 2.13 bits per heavy atom. The topological polar surface area (TPSA) is 36.4 Å². The van der Waals surface area contributed by atoms with Crippen LogP contribution in [-0.4, -0.2) is 45.9 Å². The van der Waals surface area contributed by atoms with Gasteiger partial charge in [0.05, 0.1) is 17.2 Å². The fourth-order valence-electron chi connectivity index (χ4n) is 4.23. The van der Waals surface area contributed by atoms with Gasteiger partial charge in [-0.05, 0) is 45.1 Å². The first kappa shape index (κ1) is 16.9. The minimum Gasteiger partial charge on any atom is -0.331 e. The molecule has 0 bridgehead atoms. The van der Waals surface area contributed by atoms with Gasteiger partial charge in [0.25, 0.3) is 0 Å². The maximum Gasteiger partial charge on any atom is 0.223 e. The number of hydrogen-bond acceptors (Lipinski definition) is 4. The van der Waals surface area contributed by atoms with Gasteiger partial charge < -0.3 is 9.80 Å². The molecule has 1 atom stereocenters. The summed E-state index contributed by atoms with van der Waals surface area (Å²) in [5.74, 6) is 1.04. The molecule has 0 aliphatic carbocycles. The molecule has 2 saturated heterocycles. The van der Waals surface area contributed by atoms with Gasteiger partial charge in [0.2, 0.25) is 5.91 Å². The molecule has 1 spiro atoms. The van der Waals surface area contributed by atoms with Crippen molar-refractivity contribution in [3.05, 3.63) is 16.1 Å². The van der Waals surface area contributed by atoms with Crippen LogP contribution >= 0.6 is 11.3 Å². The molecule has 1 aromatic rings. The van der Waals surface area contributed by atoms with E-state index in [4.69, 9.17) is 0 Å². The molecule has 0 saturated carbocycles. The SMILES string of the molecule is Cc1nc(CN2C(=O)CC[C@@]23CCCN(CC(C)C)CC3)cs1. The Bertz CT molecular complexity index is 556. The smallest absolute Gasteiger partial charge is 0.223 e. The van der Waals surface area contributed by atoms with Gasteiger partial charge in [0.1, 0.15) is 0 Å². The predicted octanol–water partition coefficient (Wildman–Crippen LogP) is 3.45. The minimum atomic E-state index is 0.0837. The Morgan fingerprint density at radius 3 is 2.83 bits per heavy atom. The number of nitrogens with zero attached hydrogens (tertiary/aromatic N) is 3. The van der Waals surface area contributed by atoms with E-state index >= 15 is 0 Å². The van der Waals surface area contributed by atoms with Gasteiger partial charge in [-0.25, -0.2) is 4.98 Å². The first-order chi connectivity index (χ1) is 11.0. The van der Waals surface area contributed by atoms with E-state index in [1.54, 1.807) is 11.3 Å². The molecule has 0 radical (unpaired) electrons. The van der Waals surface area contributed by atoms with E-state index in [9.17, 15) is 4.79 Å². The highest BCUT2D eigenvalue weighted by Crippen LogP contribution is 2.40. The monoisotopic (exact) mass is 335 g/mol. The molecule has 128 valence electrons. The summed E-state index contributed by atoms with van der Waals surface area (Å²) in [6, 6.07) is 0. The van der Waals surface area contributed by atoms with Crippen LogP contribution in [0.3, 0.4) is 0 Å². The first-order valence-corrected chi connectivity index (χ1v) is 9.80. The van der Waals surface area contributed by atoms with Gasteiger partial charge in [-0.3, -0.25) is 4.79 Å². The molecule has 3 heterocycles. The average molecular weight is 336 g/mol. The third-order valence-electron chi connectivity index (χ3n) is 5.30. The first-order valence-electron chi connectivity index (χ1n) is 8.92. The van der Waals surface area contributed by atoms with Crippen LogP contribution in [0.15, 0.2) is 5.38 Å². The van der Waals surface area contributed by atoms with Gasteiger partial charge in [0, 0.05) is 30.4 Å². The zero-order valence-corrected chi connectivity index (χ0v) is 15.5. The summed E-state index contributed by atoms with van der Waals surface area (Å²) in [4.78, 5) is 21.9. The molecule has 3 rings (SSSR count). The average Bonchev–Trinajstić information content (AvgIpc) is 2.95. The van der Waals surface area contributed by atoms with E-state index in [-0.39, 0.29) is 5.54 Å². The van der Waals surface area contributed by atoms with Crippen molar-refractivity contribution >= 4 is 17.2 Å². The van der Waals surface area contributed by atoms with Crippen LogP contribution in [0.2, 0.25) is 0 Å². The van der Waals surface area contributed by atoms with Crippen molar-refractivity contribution in [1.29, 1.82) is 0 Å². The highest BCUT2D eigenvalue weighted by Gasteiger charge is 2.45. The lowest BCUT2D eigenvalue weighted by Gasteiger charge is -2.38. The molecule has 1 amide bonds. The van der Waals surface area contributed by atoms with Crippen molar-refractivity contribution in [2.75, 3.05) is 19.6 Å². The normalized spacial score (nSPS) is 26.4. The highest BCUT2D eigenvalue weighted by molar-refractivity contribution is 7.09. The molecular weight excluding hydrogens is 306 g/mol. The van der Waals surface area contributed by atoms with Gasteiger partial charge >= 0.3 is 0 Å². The van der Waals surface area contributed by atoms with Crippen molar-refractivity contribution < 1.29 is 4.79 Å². The maximum absolute atomic E-state index is 12.5. The molecule has 0 N–H and O–H groups in total. The van der Waals surface area contributed by atoms with E-state index < -0.39 is 0 Å². The van der Waals surface area contributed by atoms with Crippen LogP contribution in [0.4, 0.5) is 0 Å². The minimum absolute atomic E-state index is 0.0837. The second-order valence-corrected chi connectivity index (χ2v) is 8.67. The number of carbonyl (C=O) groups is 1. The van der Waals surface area contributed by atoms with Crippen LogP contribution < -0.4 is 0 Å². The van der Waals surface area contributed by atoms with E-state index in [0.717, 1.165) is 36.5 Å². The maximum atomic E-state index is 12.5. The summed E-state index contributed by atoms with van der Waals surface area (Å²) in [6.45, 7) is 10.8. The quantitative estimate of drug-likeness (QED) is 0.845. The number of aryl methyl sites for hydroxylation is 1. The fraction of sp³-hybridized carbons (Fsp3) is 0.778. The number of rotatable bonds is 4. The summed E-state index contributed by atoms with van der Waals surface area (Å²) in [5.41, 5.74) is 1.14. The van der Waals surface area contributed by atoms with E-state index in [1.165, 1.54) is 19.5 Å². The van der Waals surface area contributed by atoms with E-state index in [1.807, 2.05) is 6.92 Å². The van der Waals surface area contributed by atoms with Crippen LogP contribution in [0.5, 0.6) is 0 Å². The lowest BCUT2D eigenvalue weighted by Crippen LogP contribution is -2.46. The van der Waals surface area contributed by atoms with Crippen molar-refractivity contribution in [2.45, 2.75) is 65.0 Å². The van der Waals surface area contributed by atoms with Crippen LogP contribution in [0.25, 0.3) is 0 Å². The molecule has 5 heteroatoms. The predicted molar refractivity (Wildman–Crippen MR) is 94.5 cm³/mol. The number of thiazole rings is 1. The van der Waals surface area contributed by atoms with Crippen molar-refractivity contribution in [2.24, 2.45) is 5.92 Å². The van der Waals surface area contributed by atoms with Crippen molar-refractivity contribution in [1.82, 2.24) is 14.8 Å². The highest BCUT2D eigenvalue weighted by atomic mass is 32.1. The molecule has 4 nitrogen and oxygen atoms in total. The van der Waals surface area contributed by atoms with Crippen LogP contribution in [0.1, 0.15) is 56.7 Å². The fourth-order valence-corrected chi connectivity index (χ4v) is 4.83. The molecule has 1 aromatic heterocycles. The second kappa shape index (κ2) is 6.89. The number of amides is 1. The van der Waals surface area contributed by atoms with Gasteiger partial charge in [-0.1, -0.05) is 13.8 Å². The van der Waals surface area contributed by atoms with E-state index in [0.29, 0.717) is 24.8 Å². The molecule has 2 aliphatic heterocycles. The third-order valence-corrected chi connectivity index (χ3v) is 6.12. The Balaban J connectivity index is 1.72. The lowest BCUT2D eigenvalue weighted by atomic mass is 9.87. The Labute approximate surface area is 143 Å². The Morgan fingerprint density at radius 1 is 1.30 bits per heavy atom. The number of carbonyl (C=O) groups excluding carboxylic acids is 1.